The second-order valence-corrected chi connectivity index (χ2v) is 6.95. The number of amides is 2. The van der Waals surface area contributed by atoms with E-state index in [0.29, 0.717) is 12.6 Å². The van der Waals surface area contributed by atoms with Gasteiger partial charge in [-0.15, -0.1) is 0 Å². The number of rotatable bonds is 4. The molecule has 0 bridgehead atoms. The molecule has 2 amide bonds. The number of aryl methyl sites for hydroxylation is 1. The van der Waals surface area contributed by atoms with Crippen molar-refractivity contribution < 1.29 is 4.79 Å². The average molecular weight is 335 g/mol. The van der Waals surface area contributed by atoms with E-state index in [4.69, 9.17) is 0 Å². The maximum atomic E-state index is 12.3. The molecule has 2 aliphatic heterocycles. The number of benzene rings is 2. The lowest BCUT2D eigenvalue weighted by atomic mass is 9.97. The summed E-state index contributed by atoms with van der Waals surface area (Å²) in [5, 5.41) is 3.04. The van der Waals surface area contributed by atoms with Gasteiger partial charge in [0.05, 0.1) is 6.04 Å². The lowest BCUT2D eigenvalue weighted by molar-refractivity contribution is 0.148. The Kier molecular flexibility index (Phi) is 4.59. The van der Waals surface area contributed by atoms with Crippen LogP contribution in [-0.2, 0) is 12.8 Å². The van der Waals surface area contributed by atoms with Gasteiger partial charge in [-0.05, 0) is 36.5 Å². The molecule has 0 aliphatic carbocycles. The second-order valence-electron chi connectivity index (χ2n) is 6.95. The van der Waals surface area contributed by atoms with Crippen LogP contribution < -0.4 is 10.2 Å². The first-order valence-electron chi connectivity index (χ1n) is 9.22. The zero-order valence-corrected chi connectivity index (χ0v) is 14.5. The lowest BCUT2D eigenvalue weighted by Gasteiger charge is -2.48. The zero-order chi connectivity index (χ0) is 17.1. The van der Waals surface area contributed by atoms with E-state index in [1.54, 1.807) is 0 Å². The van der Waals surface area contributed by atoms with Gasteiger partial charge in [-0.3, -0.25) is 0 Å². The largest absolute Gasteiger partial charge is 0.365 e. The molecule has 2 aromatic carbocycles. The van der Waals surface area contributed by atoms with Crippen molar-refractivity contribution in [3.63, 3.8) is 0 Å². The summed E-state index contributed by atoms with van der Waals surface area (Å²) in [4.78, 5) is 16.7. The summed E-state index contributed by atoms with van der Waals surface area (Å²) in [6.45, 7) is 3.44. The topological polar surface area (TPSA) is 35.6 Å². The van der Waals surface area contributed by atoms with E-state index in [2.05, 4.69) is 46.6 Å². The number of hydrogen-bond donors (Lipinski definition) is 1. The van der Waals surface area contributed by atoms with E-state index < -0.39 is 0 Å². The van der Waals surface area contributed by atoms with Crippen LogP contribution in [-0.4, -0.2) is 43.2 Å². The molecule has 25 heavy (non-hydrogen) atoms. The summed E-state index contributed by atoms with van der Waals surface area (Å²) in [6, 6.07) is 19.5. The molecular weight excluding hydrogens is 310 g/mol. The predicted octanol–water partition coefficient (Wildman–Crippen LogP) is 3.08. The van der Waals surface area contributed by atoms with Gasteiger partial charge in [0.2, 0.25) is 0 Å². The van der Waals surface area contributed by atoms with Crippen LogP contribution in [0.4, 0.5) is 10.5 Å². The normalized spacial score (nSPS) is 17.0. The van der Waals surface area contributed by atoms with Gasteiger partial charge in [-0.1, -0.05) is 48.5 Å². The number of nitrogens with one attached hydrogen (secondary N) is 1. The van der Waals surface area contributed by atoms with Gasteiger partial charge in [0.15, 0.2) is 0 Å². The van der Waals surface area contributed by atoms with Crippen LogP contribution in [0.3, 0.4) is 0 Å². The van der Waals surface area contributed by atoms with Crippen molar-refractivity contribution in [3.05, 3.63) is 65.7 Å². The Balaban J connectivity index is 1.26. The molecule has 0 saturated carbocycles. The first kappa shape index (κ1) is 16.0. The SMILES string of the molecule is O=C(NCCc1ccccc1)N1CC(N2CCCc3ccccc32)C1. The van der Waals surface area contributed by atoms with Gasteiger partial charge in [0.1, 0.15) is 0 Å². The van der Waals surface area contributed by atoms with Crippen molar-refractivity contribution in [3.8, 4) is 0 Å². The Bertz CT molecular complexity index is 725. The Morgan fingerprint density at radius 1 is 1.04 bits per heavy atom. The van der Waals surface area contributed by atoms with Gasteiger partial charge in [-0.25, -0.2) is 4.79 Å². The van der Waals surface area contributed by atoms with Crippen molar-refractivity contribution in [2.75, 3.05) is 31.1 Å². The molecule has 1 N–H and O–H groups in total. The molecule has 0 atom stereocenters. The van der Waals surface area contributed by atoms with E-state index in [9.17, 15) is 4.79 Å². The first-order chi connectivity index (χ1) is 12.3. The van der Waals surface area contributed by atoms with E-state index in [-0.39, 0.29) is 6.03 Å². The number of hydrogen-bond acceptors (Lipinski definition) is 2. The third kappa shape index (κ3) is 3.48. The van der Waals surface area contributed by atoms with Gasteiger partial charge >= 0.3 is 6.03 Å². The molecule has 4 rings (SSSR count). The highest BCUT2D eigenvalue weighted by Gasteiger charge is 2.36. The van der Waals surface area contributed by atoms with Crippen LogP contribution in [0.1, 0.15) is 17.5 Å². The van der Waals surface area contributed by atoms with E-state index in [1.165, 1.54) is 29.7 Å². The molecule has 0 unspecified atom stereocenters. The fourth-order valence-electron chi connectivity index (χ4n) is 3.83. The summed E-state index contributed by atoms with van der Waals surface area (Å²) >= 11 is 0. The zero-order valence-electron chi connectivity index (χ0n) is 14.5. The predicted molar refractivity (Wildman–Crippen MR) is 101 cm³/mol. The fourth-order valence-corrected chi connectivity index (χ4v) is 3.83. The first-order valence-corrected chi connectivity index (χ1v) is 9.22. The van der Waals surface area contributed by atoms with E-state index >= 15 is 0 Å². The maximum Gasteiger partial charge on any atom is 0.317 e. The Morgan fingerprint density at radius 2 is 1.80 bits per heavy atom. The van der Waals surface area contributed by atoms with Gasteiger partial charge < -0.3 is 15.1 Å². The average Bonchev–Trinajstić information content (AvgIpc) is 2.62. The molecule has 0 aromatic heterocycles. The van der Waals surface area contributed by atoms with Crippen LogP contribution in [0, 0.1) is 0 Å². The molecule has 0 radical (unpaired) electrons. The van der Waals surface area contributed by atoms with E-state index in [0.717, 1.165) is 26.1 Å². The second kappa shape index (κ2) is 7.18. The molecule has 2 aromatic rings. The van der Waals surface area contributed by atoms with Crippen LogP contribution in [0.25, 0.3) is 0 Å². The van der Waals surface area contributed by atoms with Gasteiger partial charge in [0.25, 0.3) is 0 Å². The minimum absolute atomic E-state index is 0.0671. The minimum Gasteiger partial charge on any atom is -0.365 e. The summed E-state index contributed by atoms with van der Waals surface area (Å²) in [7, 11) is 0. The van der Waals surface area contributed by atoms with Crippen molar-refractivity contribution >= 4 is 11.7 Å². The summed E-state index contributed by atoms with van der Waals surface area (Å²) < 4.78 is 0. The Hall–Kier alpha value is -2.49. The molecule has 1 saturated heterocycles. The summed E-state index contributed by atoms with van der Waals surface area (Å²) in [5.74, 6) is 0. The van der Waals surface area contributed by atoms with Gasteiger partial charge in [0, 0.05) is 31.9 Å². The number of likely N-dealkylation sites (tertiary alicyclic amines) is 1. The van der Waals surface area contributed by atoms with Crippen LogP contribution >= 0.6 is 0 Å². The molecule has 2 heterocycles. The number of anilines is 1. The quantitative estimate of drug-likeness (QED) is 0.932. The third-order valence-corrected chi connectivity index (χ3v) is 5.27. The number of fused-ring (bicyclic) bond motifs is 1. The van der Waals surface area contributed by atoms with Gasteiger partial charge in [-0.2, -0.15) is 0 Å². The lowest BCUT2D eigenvalue weighted by Crippen LogP contribution is -2.63. The maximum absolute atomic E-state index is 12.3. The monoisotopic (exact) mass is 335 g/mol. The molecule has 4 nitrogen and oxygen atoms in total. The summed E-state index contributed by atoms with van der Waals surface area (Å²) in [5.41, 5.74) is 4.07. The van der Waals surface area contributed by atoms with E-state index in [1.807, 2.05) is 23.1 Å². The Labute approximate surface area is 149 Å². The van der Waals surface area contributed by atoms with Crippen molar-refractivity contribution in [1.29, 1.82) is 0 Å². The molecule has 0 spiro atoms. The highest BCUT2D eigenvalue weighted by atomic mass is 16.2. The highest BCUT2D eigenvalue weighted by Crippen LogP contribution is 2.31. The standard InChI is InChI=1S/C21H25N3O/c25-21(22-13-12-17-7-2-1-3-8-17)23-15-19(16-23)24-14-6-10-18-9-4-5-11-20(18)24/h1-5,7-9,11,19H,6,10,12-16H2,(H,22,25). The van der Waals surface area contributed by atoms with Crippen LogP contribution in [0.2, 0.25) is 0 Å². The van der Waals surface area contributed by atoms with Crippen molar-refractivity contribution in [2.45, 2.75) is 25.3 Å². The number of carbonyl (C=O) groups excluding carboxylic acids is 1. The van der Waals surface area contributed by atoms with Crippen molar-refractivity contribution in [1.82, 2.24) is 10.2 Å². The Morgan fingerprint density at radius 3 is 2.64 bits per heavy atom. The molecule has 130 valence electrons. The van der Waals surface area contributed by atoms with Crippen LogP contribution in [0.15, 0.2) is 54.6 Å². The number of nitrogens with zero attached hydrogens (tertiary/aromatic N) is 2. The number of carbonyl (C=O) groups is 1. The summed E-state index contributed by atoms with van der Waals surface area (Å²) in [6.07, 6.45) is 3.25. The number of urea groups is 1. The third-order valence-electron chi connectivity index (χ3n) is 5.27. The molecule has 2 aliphatic rings. The fraction of sp³-hybridized carbons (Fsp3) is 0.381. The minimum atomic E-state index is 0.0671. The molecule has 4 heteroatoms. The smallest absolute Gasteiger partial charge is 0.317 e. The molecule has 1 fully saturated rings. The van der Waals surface area contributed by atoms with Crippen LogP contribution in [0.5, 0.6) is 0 Å². The van der Waals surface area contributed by atoms with Crippen molar-refractivity contribution in [2.24, 2.45) is 0 Å². The number of para-hydroxylation sites is 1. The highest BCUT2D eigenvalue weighted by molar-refractivity contribution is 5.75. The molecular formula is C21H25N3O.